The lowest BCUT2D eigenvalue weighted by Crippen LogP contribution is -2.54. The fourth-order valence-electron chi connectivity index (χ4n) is 2.94. The summed E-state index contributed by atoms with van der Waals surface area (Å²) < 4.78 is 5.43. The Bertz CT molecular complexity index is 943. The largest absolute Gasteiger partial charge is 0.361 e. The molecule has 1 atom stereocenters. The molecule has 2 heterocycles. The minimum atomic E-state index is -0.0683. The highest BCUT2D eigenvalue weighted by atomic mass is 16.5. The van der Waals surface area contributed by atoms with Crippen LogP contribution in [0.1, 0.15) is 42.7 Å². The van der Waals surface area contributed by atoms with Crippen LogP contribution in [0.25, 0.3) is 10.9 Å². The number of nitrogens with zero attached hydrogens (tertiary/aromatic N) is 2. The molecule has 4 aromatic rings. The van der Waals surface area contributed by atoms with Gasteiger partial charge in [-0.15, -0.1) is 0 Å². The molecule has 5 nitrogen and oxygen atoms in total. The lowest BCUT2D eigenvalue weighted by molar-refractivity contribution is -0.431. The number of benzene rings is 2. The number of para-hydroxylation sites is 1. The third kappa shape index (κ3) is 4.00. The van der Waals surface area contributed by atoms with Crippen molar-refractivity contribution in [3.63, 3.8) is 0 Å². The first-order chi connectivity index (χ1) is 12.8. The summed E-state index contributed by atoms with van der Waals surface area (Å²) in [6.45, 7) is 4.00. The Balaban J connectivity index is 0.000000948. The Morgan fingerprint density at radius 2 is 1.77 bits per heavy atom. The van der Waals surface area contributed by atoms with Gasteiger partial charge in [0.25, 0.3) is 5.89 Å². The number of aromatic amines is 1. The third-order valence-electron chi connectivity index (χ3n) is 4.18. The van der Waals surface area contributed by atoms with E-state index < -0.39 is 0 Å². The van der Waals surface area contributed by atoms with Crippen LogP contribution in [0.15, 0.2) is 65.3 Å². The van der Waals surface area contributed by atoms with Gasteiger partial charge in [-0.3, -0.25) is 0 Å². The lowest BCUT2D eigenvalue weighted by atomic mass is 10.1. The van der Waals surface area contributed by atoms with Crippen LogP contribution in [0.2, 0.25) is 0 Å². The SMILES string of the molecule is CC.[NH3+]C(Cc1c[nH]c2ccccc12)c1nc(Cc2ccccc2)no1. The first-order valence-electron chi connectivity index (χ1n) is 9.04. The minimum Gasteiger partial charge on any atom is -0.361 e. The average molecular weight is 349 g/mol. The van der Waals surface area contributed by atoms with Crippen LogP contribution in [-0.4, -0.2) is 15.1 Å². The molecule has 0 aliphatic rings. The Labute approximate surface area is 153 Å². The van der Waals surface area contributed by atoms with E-state index in [0.29, 0.717) is 18.1 Å². The summed E-state index contributed by atoms with van der Waals surface area (Å²) in [5, 5.41) is 5.31. The van der Waals surface area contributed by atoms with Crippen LogP contribution in [0.5, 0.6) is 0 Å². The molecular weight excluding hydrogens is 324 g/mol. The fourth-order valence-corrected chi connectivity index (χ4v) is 2.94. The maximum Gasteiger partial charge on any atom is 0.285 e. The number of aromatic nitrogens is 3. The van der Waals surface area contributed by atoms with E-state index >= 15 is 0 Å². The Morgan fingerprint density at radius 3 is 2.58 bits per heavy atom. The van der Waals surface area contributed by atoms with E-state index in [-0.39, 0.29) is 6.04 Å². The summed E-state index contributed by atoms with van der Waals surface area (Å²) in [6.07, 6.45) is 3.46. The second-order valence-electron chi connectivity index (χ2n) is 5.97. The molecule has 0 amide bonds. The van der Waals surface area contributed by atoms with Gasteiger partial charge in [0, 0.05) is 29.9 Å². The molecule has 0 bridgehead atoms. The minimum absolute atomic E-state index is 0.0683. The molecule has 0 aliphatic heterocycles. The van der Waals surface area contributed by atoms with Crippen molar-refractivity contribution in [3.05, 3.63) is 83.6 Å². The summed E-state index contributed by atoms with van der Waals surface area (Å²) in [7, 11) is 0. The molecule has 0 fully saturated rings. The molecule has 5 heteroatoms. The van der Waals surface area contributed by atoms with Crippen LogP contribution in [0, 0.1) is 0 Å². The van der Waals surface area contributed by atoms with Crippen molar-refractivity contribution in [3.8, 4) is 0 Å². The van der Waals surface area contributed by atoms with Gasteiger partial charge < -0.3 is 15.2 Å². The van der Waals surface area contributed by atoms with Gasteiger partial charge in [0.1, 0.15) is 0 Å². The van der Waals surface area contributed by atoms with Crippen molar-refractivity contribution in [2.75, 3.05) is 0 Å². The van der Waals surface area contributed by atoms with E-state index in [1.165, 1.54) is 16.5 Å². The monoisotopic (exact) mass is 349 g/mol. The van der Waals surface area contributed by atoms with Gasteiger partial charge in [0.05, 0.1) is 0 Å². The predicted molar refractivity (Wildman–Crippen MR) is 103 cm³/mol. The maximum absolute atomic E-state index is 5.43. The van der Waals surface area contributed by atoms with Crippen molar-refractivity contribution >= 4 is 10.9 Å². The Kier molecular flexibility index (Phi) is 5.81. The van der Waals surface area contributed by atoms with Crippen molar-refractivity contribution in [2.24, 2.45) is 0 Å². The number of quaternary nitrogens is 1. The Morgan fingerprint density at radius 1 is 1.04 bits per heavy atom. The summed E-state index contributed by atoms with van der Waals surface area (Å²) in [4.78, 5) is 7.80. The van der Waals surface area contributed by atoms with Gasteiger partial charge in [-0.25, -0.2) is 0 Å². The highest BCUT2D eigenvalue weighted by molar-refractivity contribution is 5.83. The molecule has 4 N–H and O–H groups in total. The first kappa shape index (κ1) is 17.9. The van der Waals surface area contributed by atoms with E-state index in [9.17, 15) is 0 Å². The topological polar surface area (TPSA) is 82.4 Å². The zero-order chi connectivity index (χ0) is 18.4. The van der Waals surface area contributed by atoms with E-state index in [2.05, 4.69) is 45.1 Å². The first-order valence-corrected chi connectivity index (χ1v) is 9.04. The van der Waals surface area contributed by atoms with Crippen molar-refractivity contribution < 1.29 is 10.3 Å². The molecule has 0 aliphatic carbocycles. The molecule has 0 spiro atoms. The van der Waals surface area contributed by atoms with Crippen LogP contribution < -0.4 is 5.73 Å². The third-order valence-corrected chi connectivity index (χ3v) is 4.18. The van der Waals surface area contributed by atoms with Crippen LogP contribution >= 0.6 is 0 Å². The standard InChI is InChI=1S/C19H18N4O.C2H6/c20-16(11-14-12-21-17-9-5-4-8-15(14)17)19-22-18(23-24-19)10-13-6-2-1-3-7-13;1-2/h1-9,12,16,21H,10-11,20H2;1-2H3/p+1. The lowest BCUT2D eigenvalue weighted by Gasteiger charge is -2.02. The number of hydrogen-bond acceptors (Lipinski definition) is 3. The van der Waals surface area contributed by atoms with Crippen molar-refractivity contribution in [1.82, 2.24) is 15.1 Å². The molecular formula is C21H25N4O+. The predicted octanol–water partition coefficient (Wildman–Crippen LogP) is 3.69. The number of fused-ring (bicyclic) bond motifs is 1. The van der Waals surface area contributed by atoms with E-state index in [4.69, 9.17) is 4.52 Å². The molecule has 0 saturated carbocycles. The average Bonchev–Trinajstić information content (AvgIpc) is 3.32. The van der Waals surface area contributed by atoms with E-state index in [1.54, 1.807) is 0 Å². The van der Waals surface area contributed by atoms with Gasteiger partial charge in [-0.2, -0.15) is 4.98 Å². The summed E-state index contributed by atoms with van der Waals surface area (Å²) in [5.41, 5.74) is 7.72. The zero-order valence-electron chi connectivity index (χ0n) is 15.3. The number of nitrogens with one attached hydrogen (secondary N) is 1. The molecule has 26 heavy (non-hydrogen) atoms. The van der Waals surface area contributed by atoms with Gasteiger partial charge in [0.15, 0.2) is 11.9 Å². The number of rotatable bonds is 5. The van der Waals surface area contributed by atoms with Gasteiger partial charge in [-0.05, 0) is 17.2 Å². The number of H-pyrrole nitrogens is 1. The molecule has 2 aromatic heterocycles. The summed E-state index contributed by atoms with van der Waals surface area (Å²) in [5.74, 6) is 1.29. The molecule has 134 valence electrons. The molecule has 0 saturated heterocycles. The quantitative estimate of drug-likeness (QED) is 0.576. The highest BCUT2D eigenvalue weighted by Crippen LogP contribution is 2.22. The van der Waals surface area contributed by atoms with Crippen LogP contribution in [-0.2, 0) is 12.8 Å². The number of hydrogen-bond donors (Lipinski definition) is 2. The maximum atomic E-state index is 5.43. The van der Waals surface area contributed by atoms with Gasteiger partial charge in [0.2, 0.25) is 0 Å². The normalized spacial score (nSPS) is 11.8. The fraction of sp³-hybridized carbons (Fsp3) is 0.238. The van der Waals surface area contributed by atoms with Gasteiger partial charge >= 0.3 is 0 Å². The van der Waals surface area contributed by atoms with E-state index in [0.717, 1.165) is 11.9 Å². The zero-order valence-corrected chi connectivity index (χ0v) is 15.3. The van der Waals surface area contributed by atoms with Crippen molar-refractivity contribution in [2.45, 2.75) is 32.7 Å². The second-order valence-corrected chi connectivity index (χ2v) is 5.97. The van der Waals surface area contributed by atoms with Crippen LogP contribution in [0.3, 0.4) is 0 Å². The Hall–Kier alpha value is -2.92. The molecule has 1 unspecified atom stereocenters. The summed E-state index contributed by atoms with van der Waals surface area (Å²) in [6, 6.07) is 18.3. The second kappa shape index (κ2) is 8.45. The van der Waals surface area contributed by atoms with Crippen molar-refractivity contribution in [1.29, 1.82) is 0 Å². The highest BCUT2D eigenvalue weighted by Gasteiger charge is 2.20. The van der Waals surface area contributed by atoms with Crippen LogP contribution in [0.4, 0.5) is 0 Å². The molecule has 4 rings (SSSR count). The summed E-state index contributed by atoms with van der Waals surface area (Å²) >= 11 is 0. The van der Waals surface area contributed by atoms with Gasteiger partial charge in [-0.1, -0.05) is 67.5 Å². The van der Waals surface area contributed by atoms with E-state index in [1.807, 2.05) is 50.4 Å². The smallest absolute Gasteiger partial charge is 0.285 e. The molecule has 0 radical (unpaired) electrons. The molecule has 2 aromatic carbocycles.